The van der Waals surface area contributed by atoms with Gasteiger partial charge in [0.1, 0.15) is 11.2 Å². The van der Waals surface area contributed by atoms with E-state index >= 15 is 0 Å². The van der Waals surface area contributed by atoms with Gasteiger partial charge in [-0.15, -0.1) is 11.3 Å². The number of hydrogen-bond donors (Lipinski definition) is 0. The fraction of sp³-hybridized carbons (Fsp3) is 0. The van der Waals surface area contributed by atoms with Crippen LogP contribution in [0.2, 0.25) is 0 Å². The molecule has 0 aliphatic carbocycles. The molecular weight excluding hydrogens is 797 g/mol. The lowest BCUT2D eigenvalue weighted by Crippen LogP contribution is -2.09. The molecule has 3 heterocycles. The molecular formula is C60H38N2OS. The zero-order valence-corrected chi connectivity index (χ0v) is 35.5. The topological polar surface area (TPSA) is 21.3 Å². The summed E-state index contributed by atoms with van der Waals surface area (Å²) >= 11 is 1.85. The minimum Gasteiger partial charge on any atom is -0.455 e. The number of thiophene rings is 1. The summed E-state index contributed by atoms with van der Waals surface area (Å²) in [6.07, 6.45) is 0. The van der Waals surface area contributed by atoms with Crippen LogP contribution in [-0.2, 0) is 0 Å². The molecule has 3 nitrogen and oxygen atoms in total. The van der Waals surface area contributed by atoms with Crippen molar-refractivity contribution in [1.29, 1.82) is 0 Å². The van der Waals surface area contributed by atoms with E-state index < -0.39 is 0 Å². The average Bonchev–Trinajstić information content (AvgIpc) is 4.04. The second-order valence-corrected chi connectivity index (χ2v) is 17.6. The Morgan fingerprint density at radius 3 is 1.72 bits per heavy atom. The predicted octanol–water partition coefficient (Wildman–Crippen LogP) is 17.5. The molecule has 0 fully saturated rings. The third kappa shape index (κ3) is 5.95. The zero-order chi connectivity index (χ0) is 42.1. The molecule has 64 heavy (non-hydrogen) atoms. The summed E-state index contributed by atoms with van der Waals surface area (Å²) in [5.74, 6) is 0. The second kappa shape index (κ2) is 14.7. The Morgan fingerprint density at radius 2 is 0.938 bits per heavy atom. The van der Waals surface area contributed by atoms with E-state index in [0.29, 0.717) is 0 Å². The Bertz CT molecular complexity index is 3880. The Labute approximate surface area is 373 Å². The molecule has 0 bridgehead atoms. The van der Waals surface area contributed by atoms with Crippen molar-refractivity contribution < 1.29 is 4.42 Å². The van der Waals surface area contributed by atoms with Crippen molar-refractivity contribution in [2.75, 3.05) is 4.90 Å². The van der Waals surface area contributed by atoms with E-state index in [0.717, 1.165) is 66.9 Å². The van der Waals surface area contributed by atoms with Gasteiger partial charge in [-0.1, -0.05) is 146 Å². The molecule has 0 aliphatic rings. The largest absolute Gasteiger partial charge is 0.455 e. The molecule has 0 aliphatic heterocycles. The summed E-state index contributed by atoms with van der Waals surface area (Å²) in [6.45, 7) is 0. The van der Waals surface area contributed by atoms with E-state index in [1.54, 1.807) is 0 Å². The van der Waals surface area contributed by atoms with Crippen LogP contribution in [0.15, 0.2) is 235 Å². The number of rotatable bonds is 7. The van der Waals surface area contributed by atoms with Crippen LogP contribution in [0.1, 0.15) is 0 Å². The standard InChI is InChI=1S/C60H38N2OS/c1-3-12-41(13-4-1)48-18-11-19-52-53-36-42(27-34-57(53)63-60(48)52)39-22-28-45(29-23-39)61(47-32-35-59-54(38-47)51-17-8-10-21-58(51)64-59)46-30-24-40(25-31-46)43-26-33-50-49-16-7-9-20-55(49)62(56(50)37-43)44-14-5-2-6-15-44/h1-38H. The van der Waals surface area contributed by atoms with Crippen molar-refractivity contribution in [2.45, 2.75) is 0 Å². The first-order valence-corrected chi connectivity index (χ1v) is 22.6. The van der Waals surface area contributed by atoms with Crippen LogP contribution in [0.3, 0.4) is 0 Å². The summed E-state index contributed by atoms with van der Waals surface area (Å²) in [6, 6.07) is 83.4. The third-order valence-corrected chi connectivity index (χ3v) is 14.0. The van der Waals surface area contributed by atoms with Gasteiger partial charge in [0.05, 0.1) is 11.0 Å². The van der Waals surface area contributed by atoms with Gasteiger partial charge < -0.3 is 13.9 Å². The van der Waals surface area contributed by atoms with Gasteiger partial charge in [-0.2, -0.15) is 0 Å². The minimum absolute atomic E-state index is 0.892. The Hall–Kier alpha value is -8.18. The lowest BCUT2D eigenvalue weighted by atomic mass is 10.00. The number of fused-ring (bicyclic) bond motifs is 9. The Balaban J connectivity index is 0.898. The van der Waals surface area contributed by atoms with Crippen LogP contribution in [0.5, 0.6) is 0 Å². The SMILES string of the molecule is c1ccc(-c2cccc3c2oc2ccc(-c4ccc(N(c5ccc(-c6ccc7c8ccccc8n(-c8ccccc8)c7c6)cc5)c5ccc6sc7ccccc7c6c5)cc4)cc23)cc1. The molecule has 0 radical (unpaired) electrons. The van der Waals surface area contributed by atoms with Crippen molar-refractivity contribution in [3.05, 3.63) is 231 Å². The van der Waals surface area contributed by atoms with E-state index in [1.165, 1.54) is 53.1 Å². The predicted molar refractivity (Wildman–Crippen MR) is 272 cm³/mol. The van der Waals surface area contributed by atoms with Gasteiger partial charge >= 0.3 is 0 Å². The molecule has 0 unspecified atom stereocenters. The number of furan rings is 1. The normalized spacial score (nSPS) is 11.8. The van der Waals surface area contributed by atoms with Crippen molar-refractivity contribution in [2.24, 2.45) is 0 Å². The summed E-state index contributed by atoms with van der Waals surface area (Å²) in [4.78, 5) is 2.38. The molecule has 3 aromatic heterocycles. The third-order valence-electron chi connectivity index (χ3n) is 12.8. The number of para-hydroxylation sites is 3. The monoisotopic (exact) mass is 834 g/mol. The number of nitrogens with zero attached hydrogens (tertiary/aromatic N) is 2. The van der Waals surface area contributed by atoms with Crippen LogP contribution < -0.4 is 4.90 Å². The van der Waals surface area contributed by atoms with E-state index in [1.807, 2.05) is 17.4 Å². The highest BCUT2D eigenvalue weighted by Gasteiger charge is 2.18. The average molecular weight is 835 g/mol. The Kier molecular flexibility index (Phi) is 8.40. The second-order valence-electron chi connectivity index (χ2n) is 16.5. The lowest BCUT2D eigenvalue weighted by Gasteiger charge is -2.26. The van der Waals surface area contributed by atoms with Crippen LogP contribution in [0.4, 0.5) is 17.1 Å². The van der Waals surface area contributed by atoms with Gasteiger partial charge in [-0.25, -0.2) is 0 Å². The first-order valence-electron chi connectivity index (χ1n) is 21.7. The molecule has 0 spiro atoms. The highest BCUT2D eigenvalue weighted by Crippen LogP contribution is 2.43. The summed E-state index contributed by atoms with van der Waals surface area (Å²) < 4.78 is 11.5. The fourth-order valence-corrected chi connectivity index (χ4v) is 10.8. The first-order chi connectivity index (χ1) is 31.7. The molecule has 10 aromatic carbocycles. The number of hydrogen-bond acceptors (Lipinski definition) is 3. The van der Waals surface area contributed by atoms with E-state index in [9.17, 15) is 0 Å². The number of benzene rings is 10. The molecule has 0 saturated heterocycles. The molecule has 0 saturated carbocycles. The van der Waals surface area contributed by atoms with Crippen molar-refractivity contribution in [3.8, 4) is 39.1 Å². The number of anilines is 3. The highest BCUT2D eigenvalue weighted by atomic mass is 32.1. The molecule has 13 aromatic rings. The van der Waals surface area contributed by atoms with Crippen molar-refractivity contribution in [1.82, 2.24) is 4.57 Å². The van der Waals surface area contributed by atoms with Gasteiger partial charge in [-0.3, -0.25) is 0 Å². The van der Waals surface area contributed by atoms with Gasteiger partial charge in [0, 0.05) is 70.0 Å². The maximum atomic E-state index is 6.51. The van der Waals surface area contributed by atoms with Crippen molar-refractivity contribution >= 4 is 92.3 Å². The molecule has 0 amide bonds. The maximum absolute atomic E-state index is 6.51. The fourth-order valence-electron chi connectivity index (χ4n) is 9.73. The summed E-state index contributed by atoms with van der Waals surface area (Å²) in [5.41, 5.74) is 15.6. The van der Waals surface area contributed by atoms with E-state index in [2.05, 4.69) is 234 Å². The summed E-state index contributed by atoms with van der Waals surface area (Å²) in [7, 11) is 0. The van der Waals surface area contributed by atoms with E-state index in [4.69, 9.17) is 4.42 Å². The van der Waals surface area contributed by atoms with Gasteiger partial charge in [0.25, 0.3) is 0 Å². The highest BCUT2D eigenvalue weighted by molar-refractivity contribution is 7.25. The number of aromatic nitrogens is 1. The maximum Gasteiger partial charge on any atom is 0.143 e. The van der Waals surface area contributed by atoms with Gasteiger partial charge in [0.2, 0.25) is 0 Å². The Morgan fingerprint density at radius 1 is 0.344 bits per heavy atom. The molecule has 300 valence electrons. The van der Waals surface area contributed by atoms with Crippen LogP contribution in [0.25, 0.3) is 103 Å². The van der Waals surface area contributed by atoms with Crippen LogP contribution in [0, 0.1) is 0 Å². The smallest absolute Gasteiger partial charge is 0.143 e. The van der Waals surface area contributed by atoms with Crippen molar-refractivity contribution in [3.63, 3.8) is 0 Å². The van der Waals surface area contributed by atoms with Gasteiger partial charge in [-0.05, 0) is 113 Å². The zero-order valence-electron chi connectivity index (χ0n) is 34.7. The molecule has 0 N–H and O–H groups in total. The van der Waals surface area contributed by atoms with Crippen LogP contribution >= 0.6 is 11.3 Å². The lowest BCUT2D eigenvalue weighted by molar-refractivity contribution is 0.670. The quantitative estimate of drug-likeness (QED) is 0.159. The summed E-state index contributed by atoms with van der Waals surface area (Å²) in [5, 5.41) is 7.31. The van der Waals surface area contributed by atoms with E-state index in [-0.39, 0.29) is 0 Å². The molecule has 0 atom stereocenters. The minimum atomic E-state index is 0.892. The van der Waals surface area contributed by atoms with Gasteiger partial charge in [0.15, 0.2) is 0 Å². The van der Waals surface area contributed by atoms with Crippen LogP contribution in [-0.4, -0.2) is 4.57 Å². The molecule has 4 heteroatoms. The first kappa shape index (κ1) is 36.5. The molecule has 13 rings (SSSR count).